The first kappa shape index (κ1) is 18.4. The first-order valence-electron chi connectivity index (χ1n) is 9.27. The number of hydrogen-bond donors (Lipinski definition) is 1. The number of halogens is 1. The number of amides is 1. The summed E-state index contributed by atoms with van der Waals surface area (Å²) in [4.78, 5) is 15.2. The molecule has 0 atom stereocenters. The zero-order valence-corrected chi connectivity index (χ0v) is 15.8. The Morgan fingerprint density at radius 2 is 1.85 bits per heavy atom. The Labute approximate surface area is 155 Å². The van der Waals surface area contributed by atoms with Gasteiger partial charge in [0, 0.05) is 30.7 Å². The maximum Gasteiger partial charge on any atom is 0.253 e. The summed E-state index contributed by atoms with van der Waals surface area (Å²) in [5.74, 6) is -0.333. The fourth-order valence-corrected chi connectivity index (χ4v) is 3.57. The predicted molar refractivity (Wildman–Crippen MR) is 104 cm³/mol. The lowest BCUT2D eigenvalue weighted by Crippen LogP contribution is -2.38. The molecule has 1 fully saturated rings. The van der Waals surface area contributed by atoms with Crippen LogP contribution in [0, 0.1) is 12.7 Å². The lowest BCUT2D eigenvalue weighted by molar-refractivity contribution is 0.0945. The van der Waals surface area contributed by atoms with Crippen molar-refractivity contribution in [3.05, 3.63) is 65.0 Å². The summed E-state index contributed by atoms with van der Waals surface area (Å²) in [6, 6.07) is 12.8. The molecule has 1 heterocycles. The Kier molecular flexibility index (Phi) is 5.30. The summed E-state index contributed by atoms with van der Waals surface area (Å²) in [7, 11) is 0. The van der Waals surface area contributed by atoms with Gasteiger partial charge in [0.25, 0.3) is 5.91 Å². The SMILES string of the molecule is Cc1ccc(N2CCCC2)c(C(=O)NCC(C)(C)c2ccccc2F)c1. The molecule has 2 aromatic carbocycles. The Balaban J connectivity index is 1.78. The van der Waals surface area contributed by atoms with Crippen LogP contribution in [0.2, 0.25) is 0 Å². The van der Waals surface area contributed by atoms with Gasteiger partial charge in [-0.15, -0.1) is 0 Å². The summed E-state index contributed by atoms with van der Waals surface area (Å²) < 4.78 is 14.1. The minimum absolute atomic E-state index is 0.0972. The maximum atomic E-state index is 14.1. The number of rotatable bonds is 5. The average molecular weight is 354 g/mol. The summed E-state index contributed by atoms with van der Waals surface area (Å²) in [6.07, 6.45) is 2.32. The third-order valence-electron chi connectivity index (χ3n) is 5.14. The second-order valence-electron chi connectivity index (χ2n) is 7.76. The highest BCUT2D eigenvalue weighted by molar-refractivity contribution is 6.00. The van der Waals surface area contributed by atoms with Crippen LogP contribution in [-0.2, 0) is 5.41 Å². The molecule has 3 rings (SSSR count). The van der Waals surface area contributed by atoms with E-state index >= 15 is 0 Å². The van der Waals surface area contributed by atoms with Crippen molar-refractivity contribution in [1.29, 1.82) is 0 Å². The molecule has 3 nitrogen and oxygen atoms in total. The minimum atomic E-state index is -0.487. The highest BCUT2D eigenvalue weighted by atomic mass is 19.1. The predicted octanol–water partition coefficient (Wildman–Crippen LogP) is 4.44. The Morgan fingerprint density at radius 3 is 2.54 bits per heavy atom. The van der Waals surface area contributed by atoms with E-state index in [4.69, 9.17) is 0 Å². The molecule has 1 aliphatic heterocycles. The summed E-state index contributed by atoms with van der Waals surface area (Å²) in [6.45, 7) is 8.24. The van der Waals surface area contributed by atoms with E-state index in [1.807, 2.05) is 45.0 Å². The van der Waals surface area contributed by atoms with Gasteiger partial charge in [0.2, 0.25) is 0 Å². The van der Waals surface area contributed by atoms with Crippen LogP contribution in [0.1, 0.15) is 48.2 Å². The van der Waals surface area contributed by atoms with Crippen molar-refractivity contribution < 1.29 is 9.18 Å². The third-order valence-corrected chi connectivity index (χ3v) is 5.14. The minimum Gasteiger partial charge on any atom is -0.371 e. The van der Waals surface area contributed by atoms with Gasteiger partial charge >= 0.3 is 0 Å². The van der Waals surface area contributed by atoms with Crippen LogP contribution in [0.4, 0.5) is 10.1 Å². The van der Waals surface area contributed by atoms with Crippen molar-refractivity contribution in [2.24, 2.45) is 0 Å². The number of anilines is 1. The van der Waals surface area contributed by atoms with E-state index in [1.54, 1.807) is 12.1 Å². The van der Waals surface area contributed by atoms with Crippen molar-refractivity contribution in [2.75, 3.05) is 24.5 Å². The molecule has 1 N–H and O–H groups in total. The second-order valence-corrected chi connectivity index (χ2v) is 7.76. The van der Waals surface area contributed by atoms with Crippen molar-refractivity contribution in [2.45, 2.75) is 39.0 Å². The molecule has 0 aromatic heterocycles. The van der Waals surface area contributed by atoms with Crippen molar-refractivity contribution in [3.8, 4) is 0 Å². The maximum absolute atomic E-state index is 14.1. The van der Waals surface area contributed by atoms with Crippen molar-refractivity contribution >= 4 is 11.6 Å². The van der Waals surface area contributed by atoms with E-state index in [9.17, 15) is 9.18 Å². The van der Waals surface area contributed by atoms with Crippen molar-refractivity contribution in [1.82, 2.24) is 5.32 Å². The zero-order valence-electron chi connectivity index (χ0n) is 15.8. The van der Waals surface area contributed by atoms with E-state index in [0.717, 1.165) is 37.2 Å². The van der Waals surface area contributed by atoms with Crippen LogP contribution in [-0.4, -0.2) is 25.5 Å². The highest BCUT2D eigenvalue weighted by Crippen LogP contribution is 2.27. The fraction of sp³-hybridized carbons (Fsp3) is 0.409. The molecule has 0 radical (unpaired) electrons. The molecule has 1 aliphatic rings. The molecule has 0 spiro atoms. The van der Waals surface area contributed by atoms with Gasteiger partial charge in [-0.2, -0.15) is 0 Å². The lowest BCUT2D eigenvalue weighted by atomic mass is 9.84. The Bertz CT molecular complexity index is 794. The monoisotopic (exact) mass is 354 g/mol. The van der Waals surface area contributed by atoms with E-state index < -0.39 is 5.41 Å². The van der Waals surface area contributed by atoms with Crippen LogP contribution in [0.15, 0.2) is 42.5 Å². The first-order chi connectivity index (χ1) is 12.4. The summed E-state index contributed by atoms with van der Waals surface area (Å²) >= 11 is 0. The molecular weight excluding hydrogens is 327 g/mol. The first-order valence-corrected chi connectivity index (χ1v) is 9.27. The molecule has 0 unspecified atom stereocenters. The molecule has 138 valence electrons. The molecule has 26 heavy (non-hydrogen) atoms. The van der Waals surface area contributed by atoms with Gasteiger partial charge in [0.1, 0.15) is 5.82 Å². The highest BCUT2D eigenvalue weighted by Gasteiger charge is 2.26. The summed E-state index contributed by atoms with van der Waals surface area (Å²) in [5.41, 5.74) is 2.89. The van der Waals surface area contributed by atoms with Gasteiger partial charge in [0.15, 0.2) is 0 Å². The van der Waals surface area contributed by atoms with E-state index in [2.05, 4.69) is 10.2 Å². The molecule has 2 aromatic rings. The molecule has 1 saturated heterocycles. The Morgan fingerprint density at radius 1 is 1.15 bits per heavy atom. The van der Waals surface area contributed by atoms with Crippen LogP contribution in [0.5, 0.6) is 0 Å². The van der Waals surface area contributed by atoms with Crippen LogP contribution >= 0.6 is 0 Å². The van der Waals surface area contributed by atoms with Crippen LogP contribution < -0.4 is 10.2 Å². The smallest absolute Gasteiger partial charge is 0.253 e. The number of aryl methyl sites for hydroxylation is 1. The molecule has 0 bridgehead atoms. The number of carbonyl (C=O) groups excluding carboxylic acids is 1. The molecule has 0 aliphatic carbocycles. The van der Waals surface area contributed by atoms with Gasteiger partial charge in [-0.05, 0) is 43.5 Å². The Hall–Kier alpha value is -2.36. The van der Waals surface area contributed by atoms with Gasteiger partial charge in [-0.1, -0.05) is 43.7 Å². The van der Waals surface area contributed by atoms with Gasteiger partial charge in [0.05, 0.1) is 5.56 Å². The number of nitrogens with zero attached hydrogens (tertiary/aromatic N) is 1. The molecule has 0 saturated carbocycles. The lowest BCUT2D eigenvalue weighted by Gasteiger charge is -2.27. The normalized spacial score (nSPS) is 14.5. The third kappa shape index (κ3) is 3.90. The van der Waals surface area contributed by atoms with Gasteiger partial charge in [-0.25, -0.2) is 4.39 Å². The molecular formula is C22H27FN2O. The average Bonchev–Trinajstić information content (AvgIpc) is 3.14. The number of nitrogens with one attached hydrogen (secondary N) is 1. The van der Waals surface area contributed by atoms with Gasteiger partial charge in [-0.3, -0.25) is 4.79 Å². The largest absolute Gasteiger partial charge is 0.371 e. The van der Waals surface area contributed by atoms with E-state index in [0.29, 0.717) is 17.7 Å². The quantitative estimate of drug-likeness (QED) is 0.861. The van der Waals surface area contributed by atoms with E-state index in [-0.39, 0.29) is 11.7 Å². The van der Waals surface area contributed by atoms with E-state index in [1.165, 1.54) is 6.07 Å². The summed E-state index contributed by atoms with van der Waals surface area (Å²) in [5, 5.41) is 3.02. The molecule has 1 amide bonds. The topological polar surface area (TPSA) is 32.3 Å². The van der Waals surface area contributed by atoms with Crippen LogP contribution in [0.25, 0.3) is 0 Å². The standard InChI is InChI=1S/C22H27FN2O/c1-16-10-11-20(25-12-6-7-13-25)17(14-16)21(26)24-15-22(2,3)18-8-4-5-9-19(18)23/h4-5,8-11,14H,6-7,12-13,15H2,1-3H3,(H,24,26). The molecule has 4 heteroatoms. The van der Waals surface area contributed by atoms with Crippen LogP contribution in [0.3, 0.4) is 0 Å². The zero-order chi connectivity index (χ0) is 18.7. The van der Waals surface area contributed by atoms with Crippen molar-refractivity contribution in [3.63, 3.8) is 0 Å². The number of carbonyl (C=O) groups is 1. The number of benzene rings is 2. The fourth-order valence-electron chi connectivity index (χ4n) is 3.57. The van der Waals surface area contributed by atoms with Gasteiger partial charge < -0.3 is 10.2 Å². The second kappa shape index (κ2) is 7.48. The number of hydrogen-bond acceptors (Lipinski definition) is 2.